The second-order valence-electron chi connectivity index (χ2n) is 2.84. The predicted molar refractivity (Wildman–Crippen MR) is 43.2 cm³/mol. The van der Waals surface area contributed by atoms with Gasteiger partial charge in [0, 0.05) is 13.1 Å². The second kappa shape index (κ2) is 3.18. The van der Waals surface area contributed by atoms with Gasteiger partial charge in [-0.2, -0.15) is 0 Å². The van der Waals surface area contributed by atoms with E-state index in [2.05, 4.69) is 10.3 Å². The summed E-state index contributed by atoms with van der Waals surface area (Å²) < 4.78 is 15.1. The van der Waals surface area contributed by atoms with E-state index < -0.39 is 5.67 Å². The largest absolute Gasteiger partial charge is 0.327 e. The van der Waals surface area contributed by atoms with Crippen molar-refractivity contribution < 1.29 is 4.39 Å². The van der Waals surface area contributed by atoms with Crippen LogP contribution in [0.2, 0.25) is 0 Å². The second-order valence-corrected chi connectivity index (χ2v) is 2.84. The summed E-state index contributed by atoms with van der Waals surface area (Å²) in [4.78, 5) is 0. The monoisotopic (exact) mass is 172 g/mol. The van der Waals surface area contributed by atoms with Gasteiger partial charge in [0.25, 0.3) is 0 Å². The first kappa shape index (κ1) is 9.12. The Bertz CT molecular complexity index is 256. The third kappa shape index (κ3) is 1.45. The van der Waals surface area contributed by atoms with Crippen molar-refractivity contribution >= 4 is 0 Å². The first-order valence-electron chi connectivity index (χ1n) is 3.89. The summed E-state index contributed by atoms with van der Waals surface area (Å²) in [6.45, 7) is 3.86. The Morgan fingerprint density at radius 3 is 2.92 bits per heavy atom. The van der Waals surface area contributed by atoms with Crippen LogP contribution in [0.5, 0.6) is 0 Å². The summed E-state index contributed by atoms with van der Waals surface area (Å²) in [5.41, 5.74) is 4.19. The number of alkyl halides is 1. The number of aryl methyl sites for hydroxylation is 1. The fraction of sp³-hybridized carbons (Fsp3) is 0.714. The summed E-state index contributed by atoms with van der Waals surface area (Å²) in [6, 6.07) is 0. The zero-order chi connectivity index (χ0) is 9.19. The highest BCUT2D eigenvalue weighted by atomic mass is 19.1. The van der Waals surface area contributed by atoms with Gasteiger partial charge < -0.3 is 5.73 Å². The van der Waals surface area contributed by atoms with Crippen LogP contribution in [-0.2, 0) is 12.2 Å². The summed E-state index contributed by atoms with van der Waals surface area (Å²) in [7, 11) is 0. The lowest BCUT2D eigenvalue weighted by atomic mass is 10.1. The molecule has 0 aromatic carbocycles. The molecule has 1 aromatic heterocycles. The molecule has 1 rings (SSSR count). The van der Waals surface area contributed by atoms with E-state index in [1.807, 2.05) is 6.92 Å². The Hall–Kier alpha value is -0.970. The molecule has 0 bridgehead atoms. The average molecular weight is 172 g/mol. The van der Waals surface area contributed by atoms with Crippen LogP contribution >= 0.6 is 0 Å². The summed E-state index contributed by atoms with van der Waals surface area (Å²) in [5.74, 6) is 0. The van der Waals surface area contributed by atoms with Crippen molar-refractivity contribution in [2.24, 2.45) is 5.73 Å². The molecule has 0 fully saturated rings. The van der Waals surface area contributed by atoms with Crippen LogP contribution in [0.15, 0.2) is 6.20 Å². The standard InChI is InChI=1S/C7H13FN4/c1-3-12-6(4-10-11-12)7(2,8)5-9/h4H,3,5,9H2,1-2H3. The normalized spacial score (nSPS) is 16.0. The molecule has 1 heterocycles. The van der Waals surface area contributed by atoms with E-state index in [4.69, 9.17) is 5.73 Å². The summed E-state index contributed by atoms with van der Waals surface area (Å²) in [5, 5.41) is 7.34. The number of hydrogen-bond donors (Lipinski definition) is 1. The Kier molecular flexibility index (Phi) is 2.42. The molecule has 12 heavy (non-hydrogen) atoms. The van der Waals surface area contributed by atoms with Gasteiger partial charge in [0.1, 0.15) is 0 Å². The Morgan fingerprint density at radius 1 is 1.75 bits per heavy atom. The molecule has 0 amide bonds. The topological polar surface area (TPSA) is 56.7 Å². The van der Waals surface area contributed by atoms with Crippen molar-refractivity contribution in [3.63, 3.8) is 0 Å². The number of halogens is 1. The van der Waals surface area contributed by atoms with E-state index >= 15 is 0 Å². The van der Waals surface area contributed by atoms with Gasteiger partial charge in [-0.05, 0) is 13.8 Å². The smallest absolute Gasteiger partial charge is 0.163 e. The first-order chi connectivity index (χ1) is 5.61. The molecule has 0 aliphatic heterocycles. The van der Waals surface area contributed by atoms with Crippen molar-refractivity contribution in [3.05, 3.63) is 11.9 Å². The van der Waals surface area contributed by atoms with Crippen molar-refractivity contribution in [1.29, 1.82) is 0 Å². The van der Waals surface area contributed by atoms with Gasteiger partial charge in [-0.1, -0.05) is 5.21 Å². The van der Waals surface area contributed by atoms with E-state index in [0.29, 0.717) is 12.2 Å². The Labute approximate surface area is 70.6 Å². The van der Waals surface area contributed by atoms with Crippen LogP contribution in [-0.4, -0.2) is 21.5 Å². The van der Waals surface area contributed by atoms with Crippen LogP contribution in [0.3, 0.4) is 0 Å². The number of rotatable bonds is 3. The van der Waals surface area contributed by atoms with Crippen LogP contribution in [0.25, 0.3) is 0 Å². The SMILES string of the molecule is CCn1nncc1C(C)(F)CN. The molecule has 2 N–H and O–H groups in total. The van der Waals surface area contributed by atoms with E-state index in [0.717, 1.165) is 0 Å². The first-order valence-corrected chi connectivity index (χ1v) is 3.89. The molecule has 0 spiro atoms. The quantitative estimate of drug-likeness (QED) is 0.719. The van der Waals surface area contributed by atoms with E-state index in [9.17, 15) is 4.39 Å². The highest BCUT2D eigenvalue weighted by Gasteiger charge is 2.28. The van der Waals surface area contributed by atoms with E-state index in [1.165, 1.54) is 17.8 Å². The lowest BCUT2D eigenvalue weighted by molar-refractivity contribution is 0.187. The molecule has 1 aromatic rings. The lowest BCUT2D eigenvalue weighted by Crippen LogP contribution is -2.29. The van der Waals surface area contributed by atoms with Gasteiger partial charge in [0.05, 0.1) is 11.9 Å². The zero-order valence-electron chi connectivity index (χ0n) is 7.29. The van der Waals surface area contributed by atoms with Gasteiger partial charge in [0.2, 0.25) is 0 Å². The van der Waals surface area contributed by atoms with Gasteiger partial charge in [0.15, 0.2) is 5.67 Å². The molecule has 5 heteroatoms. The molecule has 68 valence electrons. The molecular weight excluding hydrogens is 159 g/mol. The Balaban J connectivity index is 3.00. The molecule has 1 unspecified atom stereocenters. The van der Waals surface area contributed by atoms with Crippen molar-refractivity contribution in [2.45, 2.75) is 26.1 Å². The number of nitrogens with two attached hydrogens (primary N) is 1. The third-order valence-electron chi connectivity index (χ3n) is 1.83. The van der Waals surface area contributed by atoms with Crippen molar-refractivity contribution in [1.82, 2.24) is 15.0 Å². The number of hydrogen-bond acceptors (Lipinski definition) is 3. The van der Waals surface area contributed by atoms with Crippen molar-refractivity contribution in [2.75, 3.05) is 6.54 Å². The van der Waals surface area contributed by atoms with Gasteiger partial charge >= 0.3 is 0 Å². The molecular formula is C7H13FN4. The van der Waals surface area contributed by atoms with E-state index in [1.54, 1.807) is 0 Å². The third-order valence-corrected chi connectivity index (χ3v) is 1.83. The minimum Gasteiger partial charge on any atom is -0.327 e. The molecule has 4 nitrogen and oxygen atoms in total. The molecule has 0 saturated carbocycles. The minimum atomic E-state index is -1.53. The number of aromatic nitrogens is 3. The molecule has 0 radical (unpaired) electrons. The zero-order valence-corrected chi connectivity index (χ0v) is 7.29. The molecule has 0 aliphatic rings. The van der Waals surface area contributed by atoms with Crippen molar-refractivity contribution in [3.8, 4) is 0 Å². The molecule has 1 atom stereocenters. The highest BCUT2D eigenvalue weighted by Crippen LogP contribution is 2.22. The van der Waals surface area contributed by atoms with Gasteiger partial charge in [-0.3, -0.25) is 0 Å². The fourth-order valence-corrected chi connectivity index (χ4v) is 1.000. The average Bonchev–Trinajstić information content (AvgIpc) is 2.52. The predicted octanol–water partition coefficient (Wildman–Crippen LogP) is 0.441. The van der Waals surface area contributed by atoms with Crippen LogP contribution < -0.4 is 5.73 Å². The van der Waals surface area contributed by atoms with Crippen LogP contribution in [0.1, 0.15) is 19.5 Å². The van der Waals surface area contributed by atoms with Crippen LogP contribution in [0.4, 0.5) is 4.39 Å². The lowest BCUT2D eigenvalue weighted by Gasteiger charge is -2.17. The van der Waals surface area contributed by atoms with E-state index in [-0.39, 0.29) is 6.54 Å². The maximum absolute atomic E-state index is 13.6. The number of nitrogens with zero attached hydrogens (tertiary/aromatic N) is 3. The van der Waals surface area contributed by atoms with Crippen LogP contribution in [0, 0.1) is 0 Å². The maximum atomic E-state index is 13.6. The minimum absolute atomic E-state index is 0.0552. The summed E-state index contributed by atoms with van der Waals surface area (Å²) in [6.07, 6.45) is 1.41. The fourth-order valence-electron chi connectivity index (χ4n) is 1.000. The van der Waals surface area contributed by atoms with Gasteiger partial charge in [-0.15, -0.1) is 5.10 Å². The Morgan fingerprint density at radius 2 is 2.42 bits per heavy atom. The molecule has 0 aliphatic carbocycles. The molecule has 0 saturated heterocycles. The summed E-state index contributed by atoms with van der Waals surface area (Å²) >= 11 is 0. The maximum Gasteiger partial charge on any atom is 0.163 e. The van der Waals surface area contributed by atoms with Gasteiger partial charge in [-0.25, -0.2) is 9.07 Å². The highest BCUT2D eigenvalue weighted by molar-refractivity contribution is 5.07.